The zero-order chi connectivity index (χ0) is 18.5. The SMILES string of the molecule is C=C(c1ccccc1OCC(=O)Nc1cc(C)cc(C)c1)n1ccnc1. The summed E-state index contributed by atoms with van der Waals surface area (Å²) in [5.74, 6) is 0.389. The van der Waals surface area contributed by atoms with Crippen molar-refractivity contribution in [3.8, 4) is 5.75 Å². The van der Waals surface area contributed by atoms with E-state index in [9.17, 15) is 4.79 Å². The first-order chi connectivity index (χ1) is 12.5. The van der Waals surface area contributed by atoms with Crippen molar-refractivity contribution in [2.24, 2.45) is 0 Å². The fraction of sp³-hybridized carbons (Fsp3) is 0.143. The van der Waals surface area contributed by atoms with Gasteiger partial charge in [-0.05, 0) is 49.2 Å². The average Bonchev–Trinajstić information content (AvgIpc) is 3.13. The summed E-state index contributed by atoms with van der Waals surface area (Å²) in [5, 5.41) is 2.87. The number of rotatable bonds is 6. The molecule has 0 bridgehead atoms. The lowest BCUT2D eigenvalue weighted by Crippen LogP contribution is -2.20. The van der Waals surface area contributed by atoms with Crippen molar-refractivity contribution in [1.82, 2.24) is 9.55 Å². The van der Waals surface area contributed by atoms with Crippen molar-refractivity contribution in [3.05, 3.63) is 84.5 Å². The Morgan fingerprint density at radius 1 is 1.19 bits per heavy atom. The van der Waals surface area contributed by atoms with Crippen LogP contribution in [-0.2, 0) is 4.79 Å². The van der Waals surface area contributed by atoms with Crippen LogP contribution >= 0.6 is 0 Å². The third kappa shape index (κ3) is 4.19. The summed E-state index contributed by atoms with van der Waals surface area (Å²) >= 11 is 0. The van der Waals surface area contributed by atoms with E-state index >= 15 is 0 Å². The number of anilines is 1. The summed E-state index contributed by atoms with van der Waals surface area (Å²) in [6, 6.07) is 13.4. The van der Waals surface area contributed by atoms with Gasteiger partial charge in [0.15, 0.2) is 6.61 Å². The first-order valence-electron chi connectivity index (χ1n) is 8.30. The zero-order valence-electron chi connectivity index (χ0n) is 14.9. The lowest BCUT2D eigenvalue weighted by molar-refractivity contribution is -0.118. The fourth-order valence-corrected chi connectivity index (χ4v) is 2.78. The molecule has 3 aromatic rings. The van der Waals surface area contributed by atoms with E-state index in [1.807, 2.05) is 56.4 Å². The van der Waals surface area contributed by atoms with Gasteiger partial charge in [0.1, 0.15) is 5.75 Å². The zero-order valence-corrected chi connectivity index (χ0v) is 14.9. The lowest BCUT2D eigenvalue weighted by Gasteiger charge is -2.14. The van der Waals surface area contributed by atoms with Crippen LogP contribution in [0.5, 0.6) is 5.75 Å². The van der Waals surface area contributed by atoms with Crippen molar-refractivity contribution in [2.45, 2.75) is 13.8 Å². The van der Waals surface area contributed by atoms with E-state index in [-0.39, 0.29) is 12.5 Å². The van der Waals surface area contributed by atoms with Gasteiger partial charge in [-0.15, -0.1) is 0 Å². The maximum absolute atomic E-state index is 12.2. The summed E-state index contributed by atoms with van der Waals surface area (Å²) in [6.07, 6.45) is 5.17. The molecule has 132 valence electrons. The Bertz CT molecular complexity index is 910. The molecule has 0 aliphatic rings. The summed E-state index contributed by atoms with van der Waals surface area (Å²) in [5.41, 5.74) is 4.51. The smallest absolute Gasteiger partial charge is 0.262 e. The second-order valence-electron chi connectivity index (χ2n) is 6.13. The van der Waals surface area contributed by atoms with Crippen molar-refractivity contribution in [2.75, 3.05) is 11.9 Å². The predicted octanol–water partition coefficient (Wildman–Crippen LogP) is 4.04. The van der Waals surface area contributed by atoms with Gasteiger partial charge in [-0.25, -0.2) is 4.98 Å². The number of aromatic nitrogens is 2. The highest BCUT2D eigenvalue weighted by atomic mass is 16.5. The Morgan fingerprint density at radius 3 is 2.62 bits per heavy atom. The minimum Gasteiger partial charge on any atom is -0.483 e. The van der Waals surface area contributed by atoms with Crippen LogP contribution < -0.4 is 10.1 Å². The molecule has 26 heavy (non-hydrogen) atoms. The number of amides is 1. The second-order valence-corrected chi connectivity index (χ2v) is 6.13. The number of carbonyl (C=O) groups is 1. The molecule has 1 amide bonds. The van der Waals surface area contributed by atoms with Crippen molar-refractivity contribution >= 4 is 17.3 Å². The van der Waals surface area contributed by atoms with Crippen LogP contribution in [0.4, 0.5) is 5.69 Å². The Labute approximate surface area is 153 Å². The molecule has 0 atom stereocenters. The first kappa shape index (κ1) is 17.5. The number of hydrogen-bond acceptors (Lipinski definition) is 3. The number of ether oxygens (including phenoxy) is 1. The Morgan fingerprint density at radius 2 is 1.92 bits per heavy atom. The van der Waals surface area contributed by atoms with Crippen LogP contribution in [0, 0.1) is 13.8 Å². The molecular formula is C21H21N3O2. The van der Waals surface area contributed by atoms with E-state index in [1.165, 1.54) is 0 Å². The number of para-hydroxylation sites is 1. The number of aryl methyl sites for hydroxylation is 2. The van der Waals surface area contributed by atoms with E-state index in [0.717, 1.165) is 28.1 Å². The summed E-state index contributed by atoms with van der Waals surface area (Å²) in [4.78, 5) is 16.3. The lowest BCUT2D eigenvalue weighted by atomic mass is 10.1. The molecule has 1 N–H and O–H groups in total. The van der Waals surface area contributed by atoms with E-state index < -0.39 is 0 Å². The van der Waals surface area contributed by atoms with E-state index in [0.29, 0.717) is 5.75 Å². The largest absolute Gasteiger partial charge is 0.483 e. The normalized spacial score (nSPS) is 10.4. The van der Waals surface area contributed by atoms with Gasteiger partial charge in [0.25, 0.3) is 5.91 Å². The number of benzene rings is 2. The molecule has 0 spiro atoms. The van der Waals surface area contributed by atoms with Gasteiger partial charge in [-0.1, -0.05) is 24.8 Å². The molecule has 0 fully saturated rings. The molecule has 0 saturated carbocycles. The van der Waals surface area contributed by atoms with Crippen molar-refractivity contribution in [1.29, 1.82) is 0 Å². The topological polar surface area (TPSA) is 56.1 Å². The molecule has 1 heterocycles. The van der Waals surface area contributed by atoms with Crippen LogP contribution in [-0.4, -0.2) is 22.1 Å². The first-order valence-corrected chi connectivity index (χ1v) is 8.30. The van der Waals surface area contributed by atoms with Crippen molar-refractivity contribution in [3.63, 3.8) is 0 Å². The molecule has 0 unspecified atom stereocenters. The molecular weight excluding hydrogens is 326 g/mol. The fourth-order valence-electron chi connectivity index (χ4n) is 2.78. The maximum Gasteiger partial charge on any atom is 0.262 e. The van der Waals surface area contributed by atoms with E-state index in [1.54, 1.807) is 17.1 Å². The third-order valence-corrected chi connectivity index (χ3v) is 3.88. The van der Waals surface area contributed by atoms with Crippen LogP contribution in [0.2, 0.25) is 0 Å². The highest BCUT2D eigenvalue weighted by Crippen LogP contribution is 2.26. The van der Waals surface area contributed by atoms with Crippen molar-refractivity contribution < 1.29 is 9.53 Å². The molecule has 5 nitrogen and oxygen atoms in total. The average molecular weight is 347 g/mol. The van der Waals surface area contributed by atoms with Crippen LogP contribution in [0.15, 0.2) is 67.8 Å². The minimum atomic E-state index is -0.210. The highest BCUT2D eigenvalue weighted by Gasteiger charge is 2.11. The quantitative estimate of drug-likeness (QED) is 0.732. The molecule has 5 heteroatoms. The monoisotopic (exact) mass is 347 g/mol. The molecule has 3 rings (SSSR count). The molecule has 2 aromatic carbocycles. The second kappa shape index (κ2) is 7.70. The highest BCUT2D eigenvalue weighted by molar-refractivity contribution is 5.92. The van der Waals surface area contributed by atoms with Gasteiger partial charge in [0.2, 0.25) is 0 Å². The van der Waals surface area contributed by atoms with Gasteiger partial charge in [-0.2, -0.15) is 0 Å². The van der Waals surface area contributed by atoms with Gasteiger partial charge in [0, 0.05) is 23.6 Å². The minimum absolute atomic E-state index is 0.0821. The molecule has 0 saturated heterocycles. The number of nitrogens with one attached hydrogen (secondary N) is 1. The number of carbonyl (C=O) groups excluding carboxylic acids is 1. The van der Waals surface area contributed by atoms with Gasteiger partial charge in [-0.3, -0.25) is 4.79 Å². The molecule has 0 aliphatic carbocycles. The number of hydrogen-bond donors (Lipinski definition) is 1. The summed E-state index contributed by atoms with van der Waals surface area (Å²) in [7, 11) is 0. The van der Waals surface area contributed by atoms with Crippen LogP contribution in [0.25, 0.3) is 5.70 Å². The molecule has 0 aliphatic heterocycles. The van der Waals surface area contributed by atoms with Crippen LogP contribution in [0.3, 0.4) is 0 Å². The third-order valence-electron chi connectivity index (χ3n) is 3.88. The van der Waals surface area contributed by atoms with Gasteiger partial charge in [0.05, 0.1) is 12.0 Å². The van der Waals surface area contributed by atoms with Gasteiger partial charge >= 0.3 is 0 Å². The standard InChI is InChI=1S/C21H21N3O2/c1-15-10-16(2)12-18(11-15)23-21(25)13-26-20-7-5-4-6-19(20)17(3)24-9-8-22-14-24/h4-12,14H,3,13H2,1-2H3,(H,23,25). The van der Waals surface area contributed by atoms with Gasteiger partial charge < -0.3 is 14.6 Å². The van der Waals surface area contributed by atoms with E-state index in [2.05, 4.69) is 22.9 Å². The summed E-state index contributed by atoms with van der Waals surface area (Å²) < 4.78 is 7.55. The summed E-state index contributed by atoms with van der Waals surface area (Å²) in [6.45, 7) is 8.00. The Balaban J connectivity index is 1.68. The van der Waals surface area contributed by atoms with Crippen LogP contribution in [0.1, 0.15) is 16.7 Å². The number of nitrogens with zero attached hydrogens (tertiary/aromatic N) is 2. The van der Waals surface area contributed by atoms with E-state index in [4.69, 9.17) is 4.74 Å². The Kier molecular flexibility index (Phi) is 5.17. The molecule has 1 aromatic heterocycles. The maximum atomic E-state index is 12.2. The number of imidazole rings is 1. The Hall–Kier alpha value is -3.34. The predicted molar refractivity (Wildman–Crippen MR) is 103 cm³/mol. The molecule has 0 radical (unpaired) electrons.